The number of hydrogen-bond acceptors (Lipinski definition) is 5. The van der Waals surface area contributed by atoms with Crippen molar-refractivity contribution in [2.45, 2.75) is 24.5 Å². The zero-order chi connectivity index (χ0) is 28.1. The van der Waals surface area contributed by atoms with E-state index in [0.29, 0.717) is 11.8 Å². The van der Waals surface area contributed by atoms with Crippen LogP contribution >= 0.6 is 11.6 Å². The maximum absolute atomic E-state index is 14.0. The SMILES string of the molecule is CNC(C)=O.O=S(=O)(c1cccc(C(F)(F)F)c1)N1CCOc2ccc(NCc3c(F)cccc3Cl)cc21. The van der Waals surface area contributed by atoms with Crippen molar-refractivity contribution in [1.29, 1.82) is 0 Å². The van der Waals surface area contributed by atoms with Crippen molar-refractivity contribution in [3.63, 3.8) is 0 Å². The number of halogens is 5. The van der Waals surface area contributed by atoms with Gasteiger partial charge in [0.15, 0.2) is 0 Å². The Morgan fingerprint density at radius 1 is 1.11 bits per heavy atom. The van der Waals surface area contributed by atoms with Crippen molar-refractivity contribution in [2.75, 3.05) is 29.8 Å². The van der Waals surface area contributed by atoms with E-state index >= 15 is 0 Å². The number of nitrogens with zero attached hydrogens (tertiary/aromatic N) is 1. The highest BCUT2D eigenvalue weighted by molar-refractivity contribution is 7.92. The first-order valence-corrected chi connectivity index (χ1v) is 13.0. The molecule has 0 radical (unpaired) electrons. The lowest BCUT2D eigenvalue weighted by Crippen LogP contribution is -2.38. The van der Waals surface area contributed by atoms with Gasteiger partial charge in [0.2, 0.25) is 5.91 Å². The maximum Gasteiger partial charge on any atom is 0.416 e. The van der Waals surface area contributed by atoms with Crippen LogP contribution in [0.2, 0.25) is 5.02 Å². The molecule has 0 fully saturated rings. The number of carbonyl (C=O) groups is 1. The second-order valence-electron chi connectivity index (χ2n) is 7.99. The normalized spacial score (nSPS) is 13.0. The molecule has 7 nitrogen and oxygen atoms in total. The number of rotatable bonds is 5. The first kappa shape index (κ1) is 29.1. The summed E-state index contributed by atoms with van der Waals surface area (Å²) in [6.07, 6.45) is -4.68. The van der Waals surface area contributed by atoms with Gasteiger partial charge in [-0.15, -0.1) is 0 Å². The Morgan fingerprint density at radius 3 is 2.42 bits per heavy atom. The second-order valence-corrected chi connectivity index (χ2v) is 10.3. The zero-order valence-electron chi connectivity index (χ0n) is 20.3. The standard InChI is InChI=1S/C22H17ClF4N2O3S.C3H7NO/c23-18-5-2-6-19(24)17(18)13-28-15-7-8-21-20(12-15)29(9-10-32-21)33(30,31)16-4-1-3-14(11-16)22(25,26)27;1-3(5)4-2/h1-8,11-12,28H,9-10,13H2;1-2H3,(H,4,5). The van der Waals surface area contributed by atoms with Gasteiger partial charge in [-0.1, -0.05) is 23.7 Å². The van der Waals surface area contributed by atoms with Crippen molar-refractivity contribution in [3.05, 3.63) is 82.6 Å². The van der Waals surface area contributed by atoms with Crippen LogP contribution in [-0.4, -0.2) is 34.5 Å². The average molecular weight is 574 g/mol. The van der Waals surface area contributed by atoms with Gasteiger partial charge in [-0.3, -0.25) is 9.10 Å². The molecule has 0 spiro atoms. The van der Waals surface area contributed by atoms with Gasteiger partial charge in [-0.2, -0.15) is 13.2 Å². The molecule has 1 aliphatic rings. The smallest absolute Gasteiger partial charge is 0.416 e. The molecule has 0 unspecified atom stereocenters. The topological polar surface area (TPSA) is 87.7 Å². The Bertz CT molecular complexity index is 1400. The molecule has 1 amide bonds. The molecule has 3 aromatic carbocycles. The summed E-state index contributed by atoms with van der Waals surface area (Å²) in [5, 5.41) is 5.61. The first-order chi connectivity index (χ1) is 17.8. The fraction of sp³-hybridized carbons (Fsp3) is 0.240. The Hall–Kier alpha value is -3.51. The number of carbonyl (C=O) groups excluding carboxylic acids is 1. The molecule has 0 aromatic heterocycles. The van der Waals surface area contributed by atoms with Gasteiger partial charge < -0.3 is 15.4 Å². The Morgan fingerprint density at radius 2 is 1.79 bits per heavy atom. The molecule has 0 bridgehead atoms. The van der Waals surface area contributed by atoms with Crippen LogP contribution in [0.5, 0.6) is 5.75 Å². The fourth-order valence-corrected chi connectivity index (χ4v) is 5.13. The van der Waals surface area contributed by atoms with E-state index in [0.717, 1.165) is 22.5 Å². The number of amides is 1. The summed E-state index contributed by atoms with van der Waals surface area (Å²) in [7, 11) is -2.71. The van der Waals surface area contributed by atoms with Crippen LogP contribution in [0.25, 0.3) is 0 Å². The molecule has 38 heavy (non-hydrogen) atoms. The number of ether oxygens (including phenoxy) is 1. The Balaban J connectivity index is 0.000000732. The van der Waals surface area contributed by atoms with E-state index in [2.05, 4.69) is 10.6 Å². The number of nitrogens with one attached hydrogen (secondary N) is 2. The van der Waals surface area contributed by atoms with Crippen LogP contribution < -0.4 is 19.7 Å². The predicted molar refractivity (Wildman–Crippen MR) is 136 cm³/mol. The van der Waals surface area contributed by atoms with E-state index in [1.165, 1.54) is 31.2 Å². The van der Waals surface area contributed by atoms with Crippen LogP contribution in [0.15, 0.2) is 65.6 Å². The summed E-state index contributed by atoms with van der Waals surface area (Å²) >= 11 is 6.04. The Kier molecular flexibility index (Phi) is 9.10. The number of hydrogen-bond donors (Lipinski definition) is 2. The highest BCUT2D eigenvalue weighted by Gasteiger charge is 2.34. The Labute approximate surface area is 222 Å². The van der Waals surface area contributed by atoms with Gasteiger partial charge in [0.05, 0.1) is 22.7 Å². The second kappa shape index (κ2) is 11.9. The quantitative estimate of drug-likeness (QED) is 0.396. The predicted octanol–water partition coefficient (Wildman–Crippen LogP) is 5.45. The van der Waals surface area contributed by atoms with E-state index in [-0.39, 0.29) is 47.6 Å². The molecular formula is C25H24ClF4N3O4S. The van der Waals surface area contributed by atoms with Crippen molar-refractivity contribution >= 4 is 38.9 Å². The first-order valence-electron chi connectivity index (χ1n) is 11.2. The average Bonchev–Trinajstić information content (AvgIpc) is 2.88. The molecular weight excluding hydrogens is 550 g/mol. The number of fused-ring (bicyclic) bond motifs is 1. The summed E-state index contributed by atoms with van der Waals surface area (Å²) in [6, 6.07) is 12.5. The van der Waals surface area contributed by atoms with Gasteiger partial charge in [0, 0.05) is 36.8 Å². The maximum atomic E-state index is 14.0. The molecule has 4 rings (SSSR count). The third kappa shape index (κ3) is 6.87. The summed E-state index contributed by atoms with van der Waals surface area (Å²) in [6.45, 7) is 1.45. The minimum absolute atomic E-state index is 0.00463. The number of anilines is 2. The van der Waals surface area contributed by atoms with Gasteiger partial charge >= 0.3 is 6.18 Å². The van der Waals surface area contributed by atoms with E-state index in [1.807, 2.05) is 0 Å². The van der Waals surface area contributed by atoms with Gasteiger partial charge in [-0.25, -0.2) is 12.8 Å². The number of sulfonamides is 1. The largest absolute Gasteiger partial charge is 0.489 e. The molecule has 204 valence electrons. The minimum Gasteiger partial charge on any atom is -0.489 e. The lowest BCUT2D eigenvalue weighted by atomic mass is 10.2. The highest BCUT2D eigenvalue weighted by Crippen LogP contribution is 2.38. The third-order valence-electron chi connectivity index (χ3n) is 5.41. The van der Waals surface area contributed by atoms with Crippen molar-refractivity contribution in [2.24, 2.45) is 0 Å². The third-order valence-corrected chi connectivity index (χ3v) is 7.58. The highest BCUT2D eigenvalue weighted by atomic mass is 35.5. The van der Waals surface area contributed by atoms with Crippen LogP contribution in [0.4, 0.5) is 28.9 Å². The molecule has 13 heteroatoms. The van der Waals surface area contributed by atoms with Crippen LogP contribution in [0, 0.1) is 5.82 Å². The van der Waals surface area contributed by atoms with Gasteiger partial charge in [-0.05, 0) is 48.5 Å². The van der Waals surface area contributed by atoms with Crippen molar-refractivity contribution in [1.82, 2.24) is 5.32 Å². The van der Waals surface area contributed by atoms with Gasteiger partial charge in [0.1, 0.15) is 18.2 Å². The lowest BCUT2D eigenvalue weighted by molar-refractivity contribution is -0.137. The van der Waals surface area contributed by atoms with Crippen molar-refractivity contribution in [3.8, 4) is 5.75 Å². The van der Waals surface area contributed by atoms with Crippen LogP contribution in [0.3, 0.4) is 0 Å². The number of benzene rings is 3. The molecule has 1 aliphatic heterocycles. The molecule has 0 saturated heterocycles. The summed E-state index contributed by atoms with van der Waals surface area (Å²) in [5.41, 5.74) is -0.220. The number of alkyl halides is 3. The molecule has 1 heterocycles. The van der Waals surface area contributed by atoms with Crippen LogP contribution in [-0.2, 0) is 27.5 Å². The van der Waals surface area contributed by atoms with Gasteiger partial charge in [0.25, 0.3) is 10.0 Å². The summed E-state index contributed by atoms with van der Waals surface area (Å²) < 4.78 is 86.3. The van der Waals surface area contributed by atoms with E-state index in [1.54, 1.807) is 19.2 Å². The molecule has 0 aliphatic carbocycles. The molecule has 0 atom stereocenters. The van der Waals surface area contributed by atoms with E-state index < -0.39 is 32.5 Å². The molecule has 3 aromatic rings. The van der Waals surface area contributed by atoms with E-state index in [9.17, 15) is 30.8 Å². The monoisotopic (exact) mass is 573 g/mol. The zero-order valence-corrected chi connectivity index (χ0v) is 21.8. The van der Waals surface area contributed by atoms with Crippen LogP contribution in [0.1, 0.15) is 18.1 Å². The minimum atomic E-state index is -4.68. The summed E-state index contributed by atoms with van der Waals surface area (Å²) in [4.78, 5) is 9.22. The molecule has 2 N–H and O–H groups in total. The van der Waals surface area contributed by atoms with Crippen molar-refractivity contribution < 1.29 is 35.5 Å². The molecule has 0 saturated carbocycles. The lowest BCUT2D eigenvalue weighted by Gasteiger charge is -2.31. The summed E-state index contributed by atoms with van der Waals surface area (Å²) in [5.74, 6) is -0.235. The van der Waals surface area contributed by atoms with E-state index in [4.69, 9.17) is 16.3 Å². The fourth-order valence-electron chi connectivity index (χ4n) is 3.40.